The first-order valence-corrected chi connectivity index (χ1v) is 17.0. The molecule has 246 valence electrons. The molecule has 5 heterocycles. The third kappa shape index (κ3) is 5.56. The third-order valence-corrected chi connectivity index (χ3v) is 9.48. The number of carbonyl (C=O) groups excluding carboxylic acids is 1. The van der Waals surface area contributed by atoms with Gasteiger partial charge in [-0.15, -0.1) is 5.10 Å². The van der Waals surface area contributed by atoms with E-state index in [0.717, 1.165) is 18.4 Å². The van der Waals surface area contributed by atoms with E-state index < -0.39 is 22.2 Å². The first-order valence-electron chi connectivity index (χ1n) is 15.5. The minimum Gasteiger partial charge on any atom is -0.488 e. The number of nitrogens with zero attached hydrogens (tertiary/aromatic N) is 6. The smallest absolute Gasteiger partial charge is 0.300 e. The van der Waals surface area contributed by atoms with Crippen LogP contribution in [0, 0.1) is 11.8 Å². The number of pyridine rings is 1. The zero-order valence-corrected chi connectivity index (χ0v) is 27.2. The van der Waals surface area contributed by atoms with Crippen molar-refractivity contribution in [2.75, 3.05) is 4.72 Å². The Morgan fingerprint density at radius 2 is 1.90 bits per heavy atom. The number of carbonyl (C=O) groups is 1. The maximum Gasteiger partial charge on any atom is 0.300 e. The number of rotatable bonds is 8. The van der Waals surface area contributed by atoms with Gasteiger partial charge in [-0.25, -0.2) is 9.50 Å². The SMILES string of the molecule is C[C@@H](NC(=O)c1c(NS(=O)(=O)NC2CC2)nn2cccnc12)c1c2c3c(ccc(C#Cc4cnn(C)c4)c3c(=O)n1-c1ccccc1)OC2. The molecule has 0 saturated heterocycles. The number of benzene rings is 2. The van der Waals surface area contributed by atoms with Gasteiger partial charge in [0.05, 0.1) is 28.9 Å². The van der Waals surface area contributed by atoms with Gasteiger partial charge in [-0.1, -0.05) is 30.0 Å². The van der Waals surface area contributed by atoms with Gasteiger partial charge in [0.2, 0.25) is 0 Å². The molecule has 8 rings (SSSR count). The molecule has 3 N–H and O–H groups in total. The highest BCUT2D eigenvalue weighted by Gasteiger charge is 2.33. The number of hydrogen-bond acceptors (Lipinski definition) is 8. The minimum atomic E-state index is -4.02. The second kappa shape index (κ2) is 11.6. The fourth-order valence-electron chi connectivity index (χ4n) is 6.11. The van der Waals surface area contributed by atoms with Crippen molar-refractivity contribution in [2.24, 2.45) is 7.05 Å². The summed E-state index contributed by atoms with van der Waals surface area (Å²) in [6.45, 7) is 1.92. The minimum absolute atomic E-state index is 0.0654. The van der Waals surface area contributed by atoms with Crippen molar-refractivity contribution in [3.8, 4) is 23.3 Å². The summed E-state index contributed by atoms with van der Waals surface area (Å²) >= 11 is 0. The summed E-state index contributed by atoms with van der Waals surface area (Å²) in [4.78, 5) is 33.1. The summed E-state index contributed by atoms with van der Waals surface area (Å²) in [6, 6.07) is 13.4. The molecule has 15 heteroatoms. The van der Waals surface area contributed by atoms with Crippen molar-refractivity contribution in [1.29, 1.82) is 0 Å². The maximum absolute atomic E-state index is 14.6. The molecule has 0 radical (unpaired) electrons. The van der Waals surface area contributed by atoms with Crippen molar-refractivity contribution < 1.29 is 17.9 Å². The van der Waals surface area contributed by atoms with Crippen molar-refractivity contribution in [2.45, 2.75) is 38.5 Å². The van der Waals surface area contributed by atoms with E-state index in [1.54, 1.807) is 60.0 Å². The van der Waals surface area contributed by atoms with Crippen LogP contribution in [-0.4, -0.2) is 49.3 Å². The molecule has 2 aromatic carbocycles. The van der Waals surface area contributed by atoms with Gasteiger partial charge in [-0.2, -0.15) is 18.2 Å². The van der Waals surface area contributed by atoms with Crippen LogP contribution < -0.4 is 25.1 Å². The van der Waals surface area contributed by atoms with Crippen molar-refractivity contribution in [3.05, 3.63) is 112 Å². The Hall–Kier alpha value is -5.98. The van der Waals surface area contributed by atoms with Crippen LogP contribution in [0.4, 0.5) is 5.82 Å². The summed E-state index contributed by atoms with van der Waals surface area (Å²) in [5.74, 6) is 5.98. The number of hydrogen-bond donors (Lipinski definition) is 3. The maximum atomic E-state index is 14.6. The monoisotopic (exact) mass is 675 g/mol. The molecule has 1 aliphatic carbocycles. The fraction of sp³-hybridized carbons (Fsp3) is 0.206. The average molecular weight is 676 g/mol. The van der Waals surface area contributed by atoms with Crippen LogP contribution in [0.25, 0.3) is 22.1 Å². The molecular weight excluding hydrogens is 646 g/mol. The molecule has 49 heavy (non-hydrogen) atoms. The molecule has 2 aliphatic rings. The molecule has 0 bridgehead atoms. The van der Waals surface area contributed by atoms with E-state index in [4.69, 9.17) is 4.74 Å². The van der Waals surface area contributed by atoms with E-state index in [2.05, 4.69) is 41.8 Å². The summed E-state index contributed by atoms with van der Waals surface area (Å²) in [5, 5.41) is 12.5. The number of anilines is 1. The van der Waals surface area contributed by atoms with Crippen molar-refractivity contribution in [1.82, 2.24) is 39.0 Å². The van der Waals surface area contributed by atoms with Gasteiger partial charge >= 0.3 is 10.2 Å². The number of para-hydroxylation sites is 1. The second-order valence-corrected chi connectivity index (χ2v) is 13.4. The molecule has 4 aromatic heterocycles. The Morgan fingerprint density at radius 1 is 1.08 bits per heavy atom. The number of ether oxygens (including phenoxy) is 1. The molecule has 6 aromatic rings. The first-order chi connectivity index (χ1) is 23.7. The van der Waals surface area contributed by atoms with Gasteiger partial charge in [0.1, 0.15) is 17.9 Å². The molecule has 1 saturated carbocycles. The number of fused-ring (bicyclic) bond motifs is 1. The largest absolute Gasteiger partial charge is 0.488 e. The highest BCUT2D eigenvalue weighted by Crippen LogP contribution is 2.39. The van der Waals surface area contributed by atoms with Gasteiger partial charge < -0.3 is 10.1 Å². The van der Waals surface area contributed by atoms with Gasteiger partial charge in [0.15, 0.2) is 11.5 Å². The normalized spacial score (nSPS) is 14.3. The molecule has 1 atom stereocenters. The summed E-state index contributed by atoms with van der Waals surface area (Å²) in [5.41, 5.74) is 2.81. The lowest BCUT2D eigenvalue weighted by Gasteiger charge is -2.23. The number of nitrogens with one attached hydrogen (secondary N) is 3. The van der Waals surface area contributed by atoms with Gasteiger partial charge in [0, 0.05) is 53.9 Å². The van der Waals surface area contributed by atoms with Gasteiger partial charge in [0.25, 0.3) is 11.5 Å². The topological polar surface area (TPSA) is 167 Å². The zero-order valence-electron chi connectivity index (χ0n) is 26.3. The van der Waals surface area contributed by atoms with Crippen LogP contribution in [0.5, 0.6) is 5.75 Å². The fourth-order valence-corrected chi connectivity index (χ4v) is 7.24. The van der Waals surface area contributed by atoms with Crippen molar-refractivity contribution in [3.63, 3.8) is 0 Å². The number of amides is 1. The lowest BCUT2D eigenvalue weighted by Crippen LogP contribution is -2.35. The lowest BCUT2D eigenvalue weighted by molar-refractivity contribution is 0.0940. The Morgan fingerprint density at radius 3 is 2.65 bits per heavy atom. The molecule has 1 amide bonds. The van der Waals surface area contributed by atoms with E-state index in [1.165, 1.54) is 10.7 Å². The van der Waals surface area contributed by atoms with E-state index in [-0.39, 0.29) is 35.2 Å². The second-order valence-electron chi connectivity index (χ2n) is 11.9. The van der Waals surface area contributed by atoms with E-state index in [0.29, 0.717) is 39.0 Å². The predicted octanol–water partition coefficient (Wildman–Crippen LogP) is 2.96. The number of aromatic nitrogens is 6. The lowest BCUT2D eigenvalue weighted by atomic mass is 9.97. The Labute approximate surface area is 279 Å². The van der Waals surface area contributed by atoms with Crippen LogP contribution >= 0.6 is 0 Å². The standard InChI is InChI=1S/C34H29N9O5S/c1-20(37-33(44)29-31(38-42-16-6-15-35-32(29)42)40-49(46,47)39-23-12-13-23)30-25-19-48-26-14-11-22(10-9-21-17-36-41(2)18-21)27(28(25)26)34(45)43(30)24-7-4-3-5-8-24/h3-8,11,14-18,20,23,39H,12-13,19H2,1-2H3,(H,37,44)(H,38,40)/t20-/m1/s1. The molecular formula is C34H29N9O5S. The molecule has 1 aliphatic heterocycles. The van der Waals surface area contributed by atoms with Crippen LogP contribution in [-0.2, 0) is 23.9 Å². The van der Waals surface area contributed by atoms with Gasteiger partial charge in [-0.3, -0.25) is 23.6 Å². The molecule has 14 nitrogen and oxygen atoms in total. The highest BCUT2D eigenvalue weighted by atomic mass is 32.2. The summed E-state index contributed by atoms with van der Waals surface area (Å²) in [7, 11) is -2.21. The summed E-state index contributed by atoms with van der Waals surface area (Å²) in [6.07, 6.45) is 7.97. The molecule has 0 unspecified atom stereocenters. The van der Waals surface area contributed by atoms with E-state index >= 15 is 0 Å². The first kappa shape index (κ1) is 30.4. The Kier molecular flexibility index (Phi) is 7.20. The Bertz CT molecular complexity index is 2540. The van der Waals surface area contributed by atoms with E-state index in [1.807, 2.05) is 30.3 Å². The third-order valence-electron chi connectivity index (χ3n) is 8.38. The average Bonchev–Trinajstić information content (AvgIpc) is 3.44. The zero-order chi connectivity index (χ0) is 33.9. The quantitative estimate of drug-likeness (QED) is 0.207. The summed E-state index contributed by atoms with van der Waals surface area (Å²) < 4.78 is 41.3. The van der Waals surface area contributed by atoms with Crippen LogP contribution in [0.1, 0.15) is 58.5 Å². The highest BCUT2D eigenvalue weighted by molar-refractivity contribution is 7.90. The number of aryl methyl sites for hydroxylation is 1. The van der Waals surface area contributed by atoms with Crippen LogP contribution in [0.3, 0.4) is 0 Å². The van der Waals surface area contributed by atoms with Crippen molar-refractivity contribution >= 4 is 38.4 Å². The van der Waals surface area contributed by atoms with E-state index in [9.17, 15) is 18.0 Å². The Balaban J connectivity index is 1.25. The molecule has 1 fully saturated rings. The van der Waals surface area contributed by atoms with Gasteiger partial charge in [-0.05, 0) is 50.1 Å². The molecule has 0 spiro atoms. The van der Waals surface area contributed by atoms with Crippen LogP contribution in [0.2, 0.25) is 0 Å². The van der Waals surface area contributed by atoms with Crippen LogP contribution in [0.15, 0.2) is 78.1 Å². The predicted molar refractivity (Wildman–Crippen MR) is 181 cm³/mol.